The molecule has 3 nitrogen and oxygen atoms in total. The number of H-pyrrole nitrogens is 1. The van der Waals surface area contributed by atoms with Crippen molar-refractivity contribution in [1.29, 1.82) is 0 Å². The monoisotopic (exact) mass is 297 g/mol. The van der Waals surface area contributed by atoms with Crippen LogP contribution in [0.5, 0.6) is 0 Å². The number of rotatable bonds is 3. The molecule has 1 aliphatic carbocycles. The molecule has 1 saturated heterocycles. The number of aromatic amines is 1. The summed E-state index contributed by atoms with van der Waals surface area (Å²) in [5, 5.41) is 0. The minimum atomic E-state index is 0.594. The van der Waals surface area contributed by atoms with Gasteiger partial charge in [-0.25, -0.2) is 4.98 Å². The number of imidazole rings is 1. The zero-order valence-electron chi connectivity index (χ0n) is 13.6. The van der Waals surface area contributed by atoms with Crippen molar-refractivity contribution in [2.24, 2.45) is 5.92 Å². The first-order valence-electron chi connectivity index (χ1n) is 8.96. The van der Waals surface area contributed by atoms with E-state index in [-0.39, 0.29) is 0 Å². The van der Waals surface area contributed by atoms with Gasteiger partial charge in [-0.05, 0) is 56.3 Å². The second-order valence-corrected chi connectivity index (χ2v) is 7.39. The zero-order valence-corrected chi connectivity index (χ0v) is 13.6. The summed E-state index contributed by atoms with van der Waals surface area (Å²) in [6.07, 6.45) is 8.51. The highest BCUT2D eigenvalue weighted by molar-refractivity contribution is 5.75. The minimum absolute atomic E-state index is 0.594. The molecule has 1 saturated carbocycles. The van der Waals surface area contributed by atoms with Gasteiger partial charge in [-0.1, -0.05) is 25.3 Å². The Bertz CT molecular complexity index is 639. The Labute approximate surface area is 133 Å². The maximum atomic E-state index is 4.83. The number of nitrogens with zero attached hydrogens (tertiary/aromatic N) is 2. The summed E-state index contributed by atoms with van der Waals surface area (Å²) >= 11 is 0. The van der Waals surface area contributed by atoms with Crippen molar-refractivity contribution in [3.05, 3.63) is 29.6 Å². The van der Waals surface area contributed by atoms with Gasteiger partial charge in [0.05, 0.1) is 11.0 Å². The Hall–Kier alpha value is -1.35. The van der Waals surface area contributed by atoms with Crippen LogP contribution in [0.3, 0.4) is 0 Å². The highest BCUT2D eigenvalue weighted by Gasteiger charge is 2.28. The first-order chi connectivity index (χ1) is 10.8. The van der Waals surface area contributed by atoms with E-state index in [1.807, 2.05) is 0 Å². The van der Waals surface area contributed by atoms with Crippen molar-refractivity contribution in [2.75, 3.05) is 19.6 Å². The first-order valence-corrected chi connectivity index (χ1v) is 8.96. The van der Waals surface area contributed by atoms with E-state index in [2.05, 4.69) is 35.0 Å². The van der Waals surface area contributed by atoms with Crippen LogP contribution in [0.1, 0.15) is 55.8 Å². The van der Waals surface area contributed by atoms with Crippen LogP contribution in [0.15, 0.2) is 18.2 Å². The normalized spacial score (nSPS) is 24.3. The predicted molar refractivity (Wildman–Crippen MR) is 91.2 cm³/mol. The van der Waals surface area contributed by atoms with Gasteiger partial charge in [0.15, 0.2) is 0 Å². The molecule has 0 amide bonds. The highest BCUT2D eigenvalue weighted by atomic mass is 15.2. The summed E-state index contributed by atoms with van der Waals surface area (Å²) in [5.41, 5.74) is 3.61. The molecule has 2 aromatic rings. The summed E-state index contributed by atoms with van der Waals surface area (Å²) in [4.78, 5) is 11.1. The third kappa shape index (κ3) is 2.91. The second kappa shape index (κ2) is 6.04. The topological polar surface area (TPSA) is 31.9 Å². The number of likely N-dealkylation sites (tertiary alicyclic amines) is 1. The number of hydrogen-bond acceptors (Lipinski definition) is 2. The van der Waals surface area contributed by atoms with Crippen LogP contribution >= 0.6 is 0 Å². The lowest BCUT2D eigenvalue weighted by atomic mass is 9.89. The molecule has 2 aliphatic rings. The molecule has 4 rings (SSSR count). The van der Waals surface area contributed by atoms with Gasteiger partial charge in [0.1, 0.15) is 5.82 Å². The molecule has 1 aromatic heterocycles. The predicted octanol–water partition coefficient (Wildman–Crippen LogP) is 4.24. The van der Waals surface area contributed by atoms with E-state index in [4.69, 9.17) is 4.98 Å². The summed E-state index contributed by atoms with van der Waals surface area (Å²) in [6, 6.07) is 6.50. The average Bonchev–Trinajstić information content (AvgIpc) is 3.14. The molecule has 0 unspecified atom stereocenters. The maximum absolute atomic E-state index is 4.83. The Morgan fingerprint density at radius 3 is 2.91 bits per heavy atom. The molecule has 22 heavy (non-hydrogen) atoms. The lowest BCUT2D eigenvalue weighted by Gasteiger charge is -2.26. The Morgan fingerprint density at radius 2 is 2.05 bits per heavy atom. The summed E-state index contributed by atoms with van der Waals surface area (Å²) in [5.74, 6) is 2.74. The van der Waals surface area contributed by atoms with Crippen LogP contribution in [0, 0.1) is 12.8 Å². The molecule has 1 aromatic carbocycles. The van der Waals surface area contributed by atoms with E-state index < -0.39 is 0 Å². The number of nitrogens with one attached hydrogen (secondary N) is 1. The average molecular weight is 297 g/mol. The van der Waals surface area contributed by atoms with Gasteiger partial charge in [0, 0.05) is 19.0 Å². The van der Waals surface area contributed by atoms with Gasteiger partial charge >= 0.3 is 0 Å². The fourth-order valence-corrected chi connectivity index (χ4v) is 4.29. The van der Waals surface area contributed by atoms with Crippen LogP contribution in [-0.2, 0) is 0 Å². The van der Waals surface area contributed by atoms with Gasteiger partial charge in [0.25, 0.3) is 0 Å². The molecular formula is C19H27N3. The van der Waals surface area contributed by atoms with Crippen LogP contribution in [0.25, 0.3) is 11.0 Å². The minimum Gasteiger partial charge on any atom is -0.342 e. The van der Waals surface area contributed by atoms with Crippen molar-refractivity contribution in [3.8, 4) is 0 Å². The lowest BCUT2D eigenvalue weighted by molar-refractivity contribution is 0.232. The maximum Gasteiger partial charge on any atom is 0.111 e. The molecular weight excluding hydrogens is 270 g/mol. The lowest BCUT2D eigenvalue weighted by Crippen LogP contribution is -2.28. The molecule has 3 heteroatoms. The number of aromatic nitrogens is 2. The van der Waals surface area contributed by atoms with Crippen molar-refractivity contribution in [2.45, 2.75) is 51.4 Å². The smallest absolute Gasteiger partial charge is 0.111 e. The summed E-state index contributed by atoms with van der Waals surface area (Å²) in [7, 11) is 0. The Morgan fingerprint density at radius 1 is 1.18 bits per heavy atom. The molecule has 0 radical (unpaired) electrons. The summed E-state index contributed by atoms with van der Waals surface area (Å²) in [6.45, 7) is 5.89. The number of fused-ring (bicyclic) bond motifs is 1. The third-order valence-electron chi connectivity index (χ3n) is 5.56. The van der Waals surface area contributed by atoms with Crippen LogP contribution in [0.2, 0.25) is 0 Å². The van der Waals surface area contributed by atoms with E-state index >= 15 is 0 Å². The Balaban J connectivity index is 1.42. The van der Waals surface area contributed by atoms with E-state index in [9.17, 15) is 0 Å². The van der Waals surface area contributed by atoms with Crippen LogP contribution in [0.4, 0.5) is 0 Å². The van der Waals surface area contributed by atoms with E-state index in [0.717, 1.165) is 11.4 Å². The molecule has 0 bridgehead atoms. The second-order valence-electron chi connectivity index (χ2n) is 7.39. The van der Waals surface area contributed by atoms with Gasteiger partial charge in [0.2, 0.25) is 0 Å². The quantitative estimate of drug-likeness (QED) is 0.919. The fraction of sp³-hybridized carbons (Fsp3) is 0.632. The Kier molecular flexibility index (Phi) is 3.91. The number of benzene rings is 1. The zero-order chi connectivity index (χ0) is 14.9. The molecule has 1 N–H and O–H groups in total. The molecule has 118 valence electrons. The molecule has 2 fully saturated rings. The fourth-order valence-electron chi connectivity index (χ4n) is 4.29. The van der Waals surface area contributed by atoms with Crippen molar-refractivity contribution in [3.63, 3.8) is 0 Å². The standard InChI is InChI=1S/C19H27N3/c1-14-7-8-17-18(11-14)21-19(20-17)16-9-10-22(13-16)12-15-5-3-2-4-6-15/h7-8,11,15-16H,2-6,9-10,12-13H2,1H3,(H,20,21)/t16-/m0/s1. The molecule has 1 atom stereocenters. The van der Waals surface area contributed by atoms with Crippen LogP contribution < -0.4 is 0 Å². The van der Waals surface area contributed by atoms with Crippen molar-refractivity contribution < 1.29 is 0 Å². The van der Waals surface area contributed by atoms with Crippen molar-refractivity contribution in [1.82, 2.24) is 14.9 Å². The van der Waals surface area contributed by atoms with Gasteiger partial charge in [-0.3, -0.25) is 0 Å². The summed E-state index contributed by atoms with van der Waals surface area (Å²) < 4.78 is 0. The SMILES string of the molecule is Cc1ccc2nc([C@H]3CCN(CC4CCCCC4)C3)[nH]c2c1. The van der Waals surface area contributed by atoms with Crippen molar-refractivity contribution >= 4 is 11.0 Å². The van der Waals surface area contributed by atoms with E-state index in [0.29, 0.717) is 5.92 Å². The third-order valence-corrected chi connectivity index (χ3v) is 5.56. The number of hydrogen-bond donors (Lipinski definition) is 1. The van der Waals surface area contributed by atoms with Gasteiger partial charge < -0.3 is 9.88 Å². The highest BCUT2D eigenvalue weighted by Crippen LogP contribution is 2.30. The molecule has 1 aliphatic heterocycles. The van der Waals surface area contributed by atoms with Gasteiger partial charge in [-0.2, -0.15) is 0 Å². The van der Waals surface area contributed by atoms with E-state index in [1.165, 1.54) is 75.1 Å². The van der Waals surface area contributed by atoms with E-state index in [1.54, 1.807) is 0 Å². The molecule has 2 heterocycles. The number of aryl methyl sites for hydroxylation is 1. The van der Waals surface area contributed by atoms with Crippen LogP contribution in [-0.4, -0.2) is 34.5 Å². The largest absolute Gasteiger partial charge is 0.342 e. The van der Waals surface area contributed by atoms with Gasteiger partial charge in [-0.15, -0.1) is 0 Å². The molecule has 0 spiro atoms. The first kappa shape index (κ1) is 14.3.